The number of rotatable bonds is 9. The lowest BCUT2D eigenvalue weighted by molar-refractivity contribution is -0.113. The molecule has 3 rings (SSSR count). The summed E-state index contributed by atoms with van der Waals surface area (Å²) in [6, 6.07) is 15.9. The number of nitrogens with zero attached hydrogens (tertiary/aromatic N) is 4. The van der Waals surface area contributed by atoms with E-state index in [0.717, 1.165) is 22.0 Å². The molecule has 150 valence electrons. The van der Waals surface area contributed by atoms with Crippen LogP contribution in [0.1, 0.15) is 25.3 Å². The molecule has 0 saturated heterocycles. The van der Waals surface area contributed by atoms with Crippen LogP contribution in [0.4, 0.5) is 5.69 Å². The SMILES string of the molecule is C=CCSc1ccccc1NC(=O)CSc1nnnn1-c1ccc(C(C)C)cc1. The van der Waals surface area contributed by atoms with Crippen LogP contribution in [0.5, 0.6) is 0 Å². The summed E-state index contributed by atoms with van der Waals surface area (Å²) >= 11 is 2.93. The highest BCUT2D eigenvalue weighted by atomic mass is 32.2. The molecular weight excluding hydrogens is 402 g/mol. The van der Waals surface area contributed by atoms with Gasteiger partial charge in [0.1, 0.15) is 0 Å². The first kappa shape index (κ1) is 21.1. The standard InChI is InChI=1S/C21H23N5OS2/c1-4-13-28-19-8-6-5-7-18(19)22-20(27)14-29-21-23-24-25-26(21)17-11-9-16(10-12-17)15(2)3/h4-12,15H,1,13-14H2,2-3H3,(H,22,27). The first-order chi connectivity index (χ1) is 14.1. The molecule has 3 aromatic rings. The van der Waals surface area contributed by atoms with E-state index in [4.69, 9.17) is 0 Å². The topological polar surface area (TPSA) is 72.7 Å². The molecule has 0 fully saturated rings. The molecule has 1 N–H and O–H groups in total. The smallest absolute Gasteiger partial charge is 0.234 e. The van der Waals surface area contributed by atoms with Crippen LogP contribution in [0.2, 0.25) is 0 Å². The number of anilines is 1. The average Bonchev–Trinajstić information content (AvgIpc) is 3.20. The summed E-state index contributed by atoms with van der Waals surface area (Å²) in [4.78, 5) is 13.5. The van der Waals surface area contributed by atoms with Crippen LogP contribution >= 0.6 is 23.5 Å². The van der Waals surface area contributed by atoms with Gasteiger partial charge in [0.15, 0.2) is 0 Å². The number of aromatic nitrogens is 4. The van der Waals surface area contributed by atoms with E-state index in [-0.39, 0.29) is 11.7 Å². The van der Waals surface area contributed by atoms with Crippen LogP contribution in [0.25, 0.3) is 5.69 Å². The van der Waals surface area contributed by atoms with Gasteiger partial charge in [0.25, 0.3) is 0 Å². The van der Waals surface area contributed by atoms with E-state index in [1.54, 1.807) is 16.4 Å². The summed E-state index contributed by atoms with van der Waals surface area (Å²) in [7, 11) is 0. The van der Waals surface area contributed by atoms with Crippen LogP contribution in [-0.2, 0) is 4.79 Å². The predicted octanol–water partition coefficient (Wildman–Crippen LogP) is 4.79. The Kier molecular flexibility index (Phi) is 7.48. The summed E-state index contributed by atoms with van der Waals surface area (Å²) in [6.45, 7) is 8.04. The molecule has 8 heteroatoms. The molecule has 0 atom stereocenters. The maximum Gasteiger partial charge on any atom is 0.234 e. The molecule has 0 aliphatic rings. The van der Waals surface area contributed by atoms with Gasteiger partial charge in [-0.05, 0) is 46.2 Å². The van der Waals surface area contributed by atoms with Crippen LogP contribution in [0.3, 0.4) is 0 Å². The van der Waals surface area contributed by atoms with Crippen molar-refractivity contribution in [3.8, 4) is 5.69 Å². The monoisotopic (exact) mass is 425 g/mol. The van der Waals surface area contributed by atoms with Crippen molar-refractivity contribution in [1.29, 1.82) is 0 Å². The number of benzene rings is 2. The molecule has 1 aromatic heterocycles. The molecule has 1 amide bonds. The number of tetrazole rings is 1. The number of carbonyl (C=O) groups excluding carboxylic acids is 1. The maximum absolute atomic E-state index is 12.5. The lowest BCUT2D eigenvalue weighted by Gasteiger charge is -2.10. The molecule has 0 bridgehead atoms. The first-order valence-corrected chi connectivity index (χ1v) is 11.2. The molecular formula is C21H23N5OS2. The molecule has 0 saturated carbocycles. The van der Waals surface area contributed by atoms with E-state index < -0.39 is 0 Å². The minimum absolute atomic E-state index is 0.105. The highest BCUT2D eigenvalue weighted by Gasteiger charge is 2.13. The van der Waals surface area contributed by atoms with E-state index in [0.29, 0.717) is 11.1 Å². The van der Waals surface area contributed by atoms with Crippen molar-refractivity contribution in [2.45, 2.75) is 29.8 Å². The van der Waals surface area contributed by atoms with Gasteiger partial charge in [0, 0.05) is 10.6 Å². The second kappa shape index (κ2) is 10.3. The zero-order valence-corrected chi connectivity index (χ0v) is 18.0. The average molecular weight is 426 g/mol. The fourth-order valence-corrected chi connectivity index (χ4v) is 4.03. The Morgan fingerprint density at radius 2 is 1.93 bits per heavy atom. The molecule has 6 nitrogen and oxygen atoms in total. The van der Waals surface area contributed by atoms with Crippen LogP contribution < -0.4 is 5.32 Å². The second-order valence-corrected chi connectivity index (χ2v) is 8.56. The molecule has 0 radical (unpaired) electrons. The third-order valence-electron chi connectivity index (χ3n) is 4.10. The molecule has 0 aliphatic heterocycles. The quantitative estimate of drug-likeness (QED) is 0.392. The summed E-state index contributed by atoms with van der Waals surface area (Å²) in [5.41, 5.74) is 2.92. The van der Waals surface area contributed by atoms with Crippen molar-refractivity contribution in [1.82, 2.24) is 20.2 Å². The number of hydrogen-bond acceptors (Lipinski definition) is 6. The molecule has 0 unspecified atom stereocenters. The largest absolute Gasteiger partial charge is 0.324 e. The zero-order valence-electron chi connectivity index (χ0n) is 16.4. The second-order valence-electron chi connectivity index (χ2n) is 6.55. The zero-order chi connectivity index (χ0) is 20.6. The Labute approximate surface area is 179 Å². The predicted molar refractivity (Wildman–Crippen MR) is 120 cm³/mol. The van der Waals surface area contributed by atoms with Gasteiger partial charge in [-0.2, -0.15) is 4.68 Å². The third-order valence-corrected chi connectivity index (χ3v) is 6.08. The Bertz CT molecular complexity index is 969. The Balaban J connectivity index is 1.63. The normalized spacial score (nSPS) is 10.9. The van der Waals surface area contributed by atoms with Gasteiger partial charge < -0.3 is 5.32 Å². The molecule has 0 spiro atoms. The lowest BCUT2D eigenvalue weighted by atomic mass is 10.0. The summed E-state index contributed by atoms with van der Waals surface area (Å²) in [6.07, 6.45) is 1.84. The molecule has 0 aliphatic carbocycles. The van der Waals surface area contributed by atoms with Crippen LogP contribution in [-0.4, -0.2) is 37.6 Å². The van der Waals surface area contributed by atoms with E-state index >= 15 is 0 Å². The van der Waals surface area contributed by atoms with Crippen LogP contribution in [0, 0.1) is 0 Å². The number of para-hydroxylation sites is 1. The number of nitrogens with one attached hydrogen (secondary N) is 1. The fourth-order valence-electron chi connectivity index (χ4n) is 2.59. The number of amides is 1. The van der Waals surface area contributed by atoms with Gasteiger partial charge in [-0.1, -0.05) is 56.0 Å². The fraction of sp³-hybridized carbons (Fsp3) is 0.238. The van der Waals surface area contributed by atoms with Gasteiger partial charge >= 0.3 is 0 Å². The van der Waals surface area contributed by atoms with Crippen molar-refractivity contribution >= 4 is 35.1 Å². The van der Waals surface area contributed by atoms with Crippen molar-refractivity contribution in [3.05, 3.63) is 66.7 Å². The van der Waals surface area contributed by atoms with E-state index in [1.807, 2.05) is 42.5 Å². The Hall–Kier alpha value is -2.58. The van der Waals surface area contributed by atoms with Crippen molar-refractivity contribution in [2.24, 2.45) is 0 Å². The van der Waals surface area contributed by atoms with E-state index in [2.05, 4.69) is 53.4 Å². The molecule has 1 heterocycles. The summed E-state index contributed by atoms with van der Waals surface area (Å²) < 4.78 is 1.65. The number of carbonyl (C=O) groups is 1. The maximum atomic E-state index is 12.5. The minimum Gasteiger partial charge on any atom is -0.324 e. The van der Waals surface area contributed by atoms with Gasteiger partial charge in [0.05, 0.1) is 17.1 Å². The van der Waals surface area contributed by atoms with E-state index in [1.165, 1.54) is 17.3 Å². The minimum atomic E-state index is -0.105. The summed E-state index contributed by atoms with van der Waals surface area (Å²) in [5.74, 6) is 1.35. The lowest BCUT2D eigenvalue weighted by Crippen LogP contribution is -2.15. The van der Waals surface area contributed by atoms with Crippen molar-refractivity contribution in [3.63, 3.8) is 0 Å². The van der Waals surface area contributed by atoms with Crippen molar-refractivity contribution < 1.29 is 4.79 Å². The van der Waals surface area contributed by atoms with Gasteiger partial charge in [0.2, 0.25) is 11.1 Å². The third kappa shape index (κ3) is 5.71. The van der Waals surface area contributed by atoms with Crippen molar-refractivity contribution in [2.75, 3.05) is 16.8 Å². The number of thioether (sulfide) groups is 2. The van der Waals surface area contributed by atoms with E-state index in [9.17, 15) is 4.79 Å². The first-order valence-electron chi connectivity index (χ1n) is 9.22. The highest BCUT2D eigenvalue weighted by Crippen LogP contribution is 2.27. The Morgan fingerprint density at radius 1 is 1.17 bits per heavy atom. The molecule has 2 aromatic carbocycles. The summed E-state index contributed by atoms with van der Waals surface area (Å²) in [5, 5.41) is 15.4. The number of hydrogen-bond donors (Lipinski definition) is 1. The van der Waals surface area contributed by atoms with Gasteiger partial charge in [-0.3, -0.25) is 4.79 Å². The molecule has 29 heavy (non-hydrogen) atoms. The highest BCUT2D eigenvalue weighted by molar-refractivity contribution is 8.00. The van der Waals surface area contributed by atoms with Gasteiger partial charge in [-0.15, -0.1) is 23.4 Å². The van der Waals surface area contributed by atoms with Crippen LogP contribution in [0.15, 0.2) is 71.2 Å². The van der Waals surface area contributed by atoms with Gasteiger partial charge in [-0.25, -0.2) is 0 Å². The Morgan fingerprint density at radius 3 is 2.66 bits per heavy atom.